The summed E-state index contributed by atoms with van der Waals surface area (Å²) < 4.78 is 39.2. The minimum Gasteiger partial charge on any atom is -0.307 e. The zero-order valence-electron chi connectivity index (χ0n) is 12.0. The summed E-state index contributed by atoms with van der Waals surface area (Å²) in [6, 6.07) is 8.32. The van der Waals surface area contributed by atoms with Gasteiger partial charge in [-0.15, -0.1) is 0 Å². The maximum Gasteiger partial charge on any atom is 0.393 e. The SMILES string of the molecule is CC(NC1CCCCC1C(F)(F)F)c1cccc(C#N)c1. The molecule has 3 atom stereocenters. The molecule has 21 heavy (non-hydrogen) atoms. The number of alkyl halides is 3. The second kappa shape index (κ2) is 6.48. The lowest BCUT2D eigenvalue weighted by molar-refractivity contribution is -0.189. The summed E-state index contributed by atoms with van der Waals surface area (Å²) in [6.07, 6.45) is -1.93. The van der Waals surface area contributed by atoms with Crippen LogP contribution in [0.25, 0.3) is 0 Å². The summed E-state index contributed by atoms with van der Waals surface area (Å²) >= 11 is 0. The first-order valence-electron chi connectivity index (χ1n) is 7.24. The van der Waals surface area contributed by atoms with Gasteiger partial charge in [-0.1, -0.05) is 25.0 Å². The molecule has 5 heteroatoms. The number of nitrogens with zero attached hydrogens (tertiary/aromatic N) is 1. The van der Waals surface area contributed by atoms with Crippen molar-refractivity contribution in [2.75, 3.05) is 0 Å². The molecule has 1 aromatic rings. The highest BCUT2D eigenvalue weighted by atomic mass is 19.4. The molecule has 1 aromatic carbocycles. The van der Waals surface area contributed by atoms with Gasteiger partial charge in [0, 0.05) is 12.1 Å². The van der Waals surface area contributed by atoms with E-state index in [-0.39, 0.29) is 12.5 Å². The molecule has 0 heterocycles. The van der Waals surface area contributed by atoms with Gasteiger partial charge < -0.3 is 5.32 Å². The van der Waals surface area contributed by atoms with Crippen LogP contribution in [0.5, 0.6) is 0 Å². The van der Waals surface area contributed by atoms with Crippen LogP contribution in [0.15, 0.2) is 24.3 Å². The molecule has 3 unspecified atom stereocenters. The van der Waals surface area contributed by atoms with E-state index in [0.717, 1.165) is 12.0 Å². The zero-order chi connectivity index (χ0) is 15.5. The van der Waals surface area contributed by atoms with Gasteiger partial charge in [-0.25, -0.2) is 0 Å². The Balaban J connectivity index is 2.09. The average molecular weight is 296 g/mol. The van der Waals surface area contributed by atoms with Crippen LogP contribution in [-0.2, 0) is 0 Å². The van der Waals surface area contributed by atoms with Crippen molar-refractivity contribution in [2.45, 2.75) is 50.9 Å². The lowest BCUT2D eigenvalue weighted by Gasteiger charge is -2.35. The fourth-order valence-corrected chi connectivity index (χ4v) is 3.02. The first-order valence-corrected chi connectivity index (χ1v) is 7.24. The van der Waals surface area contributed by atoms with Crippen LogP contribution < -0.4 is 5.32 Å². The van der Waals surface area contributed by atoms with Crippen molar-refractivity contribution in [3.05, 3.63) is 35.4 Å². The van der Waals surface area contributed by atoms with E-state index >= 15 is 0 Å². The highest BCUT2D eigenvalue weighted by molar-refractivity contribution is 5.34. The monoisotopic (exact) mass is 296 g/mol. The van der Waals surface area contributed by atoms with Crippen LogP contribution >= 0.6 is 0 Å². The predicted octanol–water partition coefficient (Wildman–Crippen LogP) is 4.33. The molecule has 1 aliphatic carbocycles. The number of halogens is 3. The standard InChI is InChI=1S/C16H19F3N2/c1-11(13-6-4-5-12(9-13)10-20)21-15-8-3-2-7-14(15)16(17,18)19/h4-6,9,11,14-15,21H,2-3,7-8H2,1H3. The Labute approximate surface area is 123 Å². The Morgan fingerprint density at radius 2 is 2.00 bits per heavy atom. The molecule has 1 saturated carbocycles. The summed E-state index contributed by atoms with van der Waals surface area (Å²) in [5.74, 6) is -1.27. The number of nitrogens with one attached hydrogen (secondary N) is 1. The van der Waals surface area contributed by atoms with E-state index < -0.39 is 18.1 Å². The van der Waals surface area contributed by atoms with Gasteiger partial charge in [-0.2, -0.15) is 18.4 Å². The van der Waals surface area contributed by atoms with Crippen molar-refractivity contribution < 1.29 is 13.2 Å². The minimum atomic E-state index is -4.15. The van der Waals surface area contributed by atoms with Crippen molar-refractivity contribution in [2.24, 2.45) is 5.92 Å². The van der Waals surface area contributed by atoms with Gasteiger partial charge in [-0.05, 0) is 37.5 Å². The molecule has 1 aliphatic rings. The second-order valence-electron chi connectivity index (χ2n) is 5.66. The Morgan fingerprint density at radius 3 is 2.67 bits per heavy atom. The largest absolute Gasteiger partial charge is 0.393 e. The van der Waals surface area contributed by atoms with E-state index in [1.807, 2.05) is 13.0 Å². The minimum absolute atomic E-state index is 0.201. The highest BCUT2D eigenvalue weighted by Gasteiger charge is 2.45. The molecule has 1 N–H and O–H groups in total. The van der Waals surface area contributed by atoms with Gasteiger partial charge in [-0.3, -0.25) is 0 Å². The molecule has 0 saturated heterocycles. The van der Waals surface area contributed by atoms with Crippen LogP contribution in [0.4, 0.5) is 13.2 Å². The van der Waals surface area contributed by atoms with E-state index in [4.69, 9.17) is 5.26 Å². The molecule has 0 radical (unpaired) electrons. The normalized spacial score (nSPS) is 24.3. The third-order valence-corrected chi connectivity index (χ3v) is 4.17. The van der Waals surface area contributed by atoms with Gasteiger partial charge in [0.1, 0.15) is 0 Å². The Hall–Kier alpha value is -1.54. The highest BCUT2D eigenvalue weighted by Crippen LogP contribution is 2.38. The molecule has 0 aliphatic heterocycles. The van der Waals surface area contributed by atoms with Crippen LogP contribution in [0.1, 0.15) is 49.8 Å². The average Bonchev–Trinajstić information content (AvgIpc) is 2.46. The van der Waals surface area contributed by atoms with Gasteiger partial charge in [0.05, 0.1) is 17.6 Å². The summed E-state index contributed by atoms with van der Waals surface area (Å²) in [4.78, 5) is 0. The fourth-order valence-electron chi connectivity index (χ4n) is 3.02. The van der Waals surface area contributed by atoms with Crippen molar-refractivity contribution in [1.82, 2.24) is 5.32 Å². The maximum atomic E-state index is 13.1. The summed E-state index contributed by atoms with van der Waals surface area (Å²) in [6.45, 7) is 1.85. The summed E-state index contributed by atoms with van der Waals surface area (Å²) in [5.41, 5.74) is 1.37. The lowest BCUT2D eigenvalue weighted by atomic mass is 9.83. The number of hydrogen-bond donors (Lipinski definition) is 1. The number of benzene rings is 1. The van der Waals surface area contributed by atoms with Crippen molar-refractivity contribution in [3.8, 4) is 6.07 Å². The van der Waals surface area contributed by atoms with E-state index in [2.05, 4.69) is 11.4 Å². The van der Waals surface area contributed by atoms with Crippen molar-refractivity contribution >= 4 is 0 Å². The van der Waals surface area contributed by atoms with Gasteiger partial charge in [0.15, 0.2) is 0 Å². The quantitative estimate of drug-likeness (QED) is 0.901. The van der Waals surface area contributed by atoms with Crippen LogP contribution in [-0.4, -0.2) is 12.2 Å². The van der Waals surface area contributed by atoms with Crippen LogP contribution in [0.2, 0.25) is 0 Å². The first-order chi connectivity index (χ1) is 9.91. The second-order valence-corrected chi connectivity index (χ2v) is 5.66. The van der Waals surface area contributed by atoms with Crippen molar-refractivity contribution in [1.29, 1.82) is 5.26 Å². The third kappa shape index (κ3) is 3.98. The lowest BCUT2D eigenvalue weighted by Crippen LogP contribution is -2.46. The number of hydrogen-bond acceptors (Lipinski definition) is 2. The molecule has 0 spiro atoms. The molecular weight excluding hydrogens is 277 g/mol. The molecular formula is C16H19F3N2. The Morgan fingerprint density at radius 1 is 1.29 bits per heavy atom. The molecule has 0 amide bonds. The molecule has 0 bridgehead atoms. The van der Waals surface area contributed by atoms with Crippen LogP contribution in [0, 0.1) is 17.2 Å². The molecule has 0 aromatic heterocycles. The van der Waals surface area contributed by atoms with E-state index in [1.165, 1.54) is 0 Å². The maximum absolute atomic E-state index is 13.1. The summed E-state index contributed by atoms with van der Waals surface area (Å²) in [7, 11) is 0. The van der Waals surface area contributed by atoms with E-state index in [0.29, 0.717) is 18.4 Å². The fraction of sp³-hybridized carbons (Fsp3) is 0.562. The smallest absolute Gasteiger partial charge is 0.307 e. The zero-order valence-corrected chi connectivity index (χ0v) is 12.0. The van der Waals surface area contributed by atoms with E-state index in [9.17, 15) is 13.2 Å². The summed E-state index contributed by atoms with van der Waals surface area (Å²) in [5, 5.41) is 12.0. The predicted molar refractivity (Wildman–Crippen MR) is 74.5 cm³/mol. The van der Waals surface area contributed by atoms with Crippen LogP contribution in [0.3, 0.4) is 0 Å². The molecule has 1 fully saturated rings. The van der Waals surface area contributed by atoms with Gasteiger partial charge in [0.25, 0.3) is 0 Å². The molecule has 2 nitrogen and oxygen atoms in total. The molecule has 114 valence electrons. The molecule has 2 rings (SSSR count). The first kappa shape index (κ1) is 15.8. The number of rotatable bonds is 3. The topological polar surface area (TPSA) is 35.8 Å². The third-order valence-electron chi connectivity index (χ3n) is 4.17. The van der Waals surface area contributed by atoms with Gasteiger partial charge in [0.2, 0.25) is 0 Å². The Bertz CT molecular complexity index is 519. The Kier molecular flexibility index (Phi) is 4.89. The van der Waals surface area contributed by atoms with Gasteiger partial charge >= 0.3 is 6.18 Å². The number of nitriles is 1. The van der Waals surface area contributed by atoms with E-state index in [1.54, 1.807) is 18.2 Å². The van der Waals surface area contributed by atoms with Crippen molar-refractivity contribution in [3.63, 3.8) is 0 Å².